The van der Waals surface area contributed by atoms with E-state index < -0.39 is 23.4 Å². The highest BCUT2D eigenvalue weighted by atomic mass is 19.1. The summed E-state index contributed by atoms with van der Waals surface area (Å²) < 4.78 is 34.1. The van der Waals surface area contributed by atoms with Crippen LogP contribution in [0.25, 0.3) is 0 Å². The predicted octanol–water partition coefficient (Wildman–Crippen LogP) is 2.09. The van der Waals surface area contributed by atoms with Crippen LogP contribution in [-0.4, -0.2) is 22.4 Å². The van der Waals surface area contributed by atoms with Crippen molar-refractivity contribution in [1.29, 1.82) is 0 Å². The van der Waals surface area contributed by atoms with Crippen molar-refractivity contribution in [2.45, 2.75) is 19.6 Å². The molecule has 0 radical (unpaired) electrons. The number of aromatic nitrogens is 2. The highest BCUT2D eigenvalue weighted by molar-refractivity contribution is 5.89. The zero-order chi connectivity index (χ0) is 16.4. The maximum absolute atomic E-state index is 13.5. The van der Waals surface area contributed by atoms with E-state index in [1.54, 1.807) is 4.68 Å². The maximum atomic E-state index is 13.5. The molecule has 1 aliphatic heterocycles. The normalized spacial score (nSPS) is 13.5. The van der Waals surface area contributed by atoms with E-state index in [9.17, 15) is 13.6 Å². The summed E-state index contributed by atoms with van der Waals surface area (Å²) in [5.74, 6) is -1.66. The van der Waals surface area contributed by atoms with Gasteiger partial charge in [-0.05, 0) is 12.1 Å². The van der Waals surface area contributed by atoms with Crippen LogP contribution in [0.2, 0.25) is 0 Å². The lowest BCUT2D eigenvalue weighted by molar-refractivity contribution is 0.108. The van der Waals surface area contributed by atoms with E-state index in [4.69, 9.17) is 4.74 Å². The van der Waals surface area contributed by atoms with Gasteiger partial charge in [-0.2, -0.15) is 5.10 Å². The molecule has 0 saturated carbocycles. The Hall–Kier alpha value is -2.48. The van der Waals surface area contributed by atoms with Crippen LogP contribution in [0.4, 0.5) is 19.3 Å². The third-order valence-corrected chi connectivity index (χ3v) is 3.71. The summed E-state index contributed by atoms with van der Waals surface area (Å²) in [6.45, 7) is 1.24. The first-order chi connectivity index (χ1) is 11.1. The summed E-state index contributed by atoms with van der Waals surface area (Å²) in [6.07, 6.45) is 0.769. The lowest BCUT2D eigenvalue weighted by Crippen LogP contribution is -2.29. The zero-order valence-corrected chi connectivity index (χ0v) is 12.5. The van der Waals surface area contributed by atoms with Crippen LogP contribution in [-0.2, 0) is 31.4 Å². The van der Waals surface area contributed by atoms with Crippen molar-refractivity contribution in [3.05, 3.63) is 46.8 Å². The van der Waals surface area contributed by atoms with Crippen molar-refractivity contribution in [1.82, 2.24) is 15.1 Å². The quantitative estimate of drug-likeness (QED) is 0.909. The average Bonchev–Trinajstić information content (AvgIpc) is 2.86. The number of nitrogens with one attached hydrogen (secondary N) is 2. The first-order valence-corrected chi connectivity index (χ1v) is 7.16. The minimum Gasteiger partial charge on any atom is -0.376 e. The van der Waals surface area contributed by atoms with Crippen LogP contribution in [0.3, 0.4) is 0 Å². The second-order valence-electron chi connectivity index (χ2n) is 5.20. The Kier molecular flexibility index (Phi) is 4.24. The standard InChI is InChI=1S/C15H16F2N4O2/c1-21-13-5-6-23-8-9(13)12(20-21)7-18-15(22)19-14-10(16)3-2-4-11(14)17/h2-4H,5-8H2,1H3,(H2,18,19,22). The second-order valence-corrected chi connectivity index (χ2v) is 5.20. The molecule has 122 valence electrons. The third kappa shape index (κ3) is 3.16. The number of para-hydroxylation sites is 1. The minimum atomic E-state index is -0.830. The topological polar surface area (TPSA) is 68.2 Å². The summed E-state index contributed by atoms with van der Waals surface area (Å²) in [4.78, 5) is 11.8. The van der Waals surface area contributed by atoms with Gasteiger partial charge in [-0.15, -0.1) is 0 Å². The summed E-state index contributed by atoms with van der Waals surface area (Å²) in [5, 5.41) is 9.07. The van der Waals surface area contributed by atoms with Gasteiger partial charge in [-0.1, -0.05) is 6.07 Å². The number of amides is 2. The van der Waals surface area contributed by atoms with E-state index in [1.165, 1.54) is 6.07 Å². The monoisotopic (exact) mass is 322 g/mol. The molecular weight excluding hydrogens is 306 g/mol. The number of fused-ring (bicyclic) bond motifs is 1. The molecule has 0 spiro atoms. The second kappa shape index (κ2) is 6.33. The van der Waals surface area contributed by atoms with E-state index >= 15 is 0 Å². The Labute approximate surface area is 131 Å². The third-order valence-electron chi connectivity index (χ3n) is 3.71. The number of benzene rings is 1. The van der Waals surface area contributed by atoms with Gasteiger partial charge < -0.3 is 15.4 Å². The Morgan fingerprint density at radius 3 is 2.87 bits per heavy atom. The largest absolute Gasteiger partial charge is 0.376 e. The zero-order valence-electron chi connectivity index (χ0n) is 12.5. The van der Waals surface area contributed by atoms with Gasteiger partial charge in [0.05, 0.1) is 25.5 Å². The molecule has 23 heavy (non-hydrogen) atoms. The Morgan fingerprint density at radius 2 is 2.13 bits per heavy atom. The number of carbonyl (C=O) groups is 1. The summed E-state index contributed by atoms with van der Waals surface area (Å²) in [5.41, 5.74) is 2.24. The van der Waals surface area contributed by atoms with Crippen LogP contribution < -0.4 is 10.6 Å². The predicted molar refractivity (Wildman–Crippen MR) is 78.8 cm³/mol. The van der Waals surface area contributed by atoms with E-state index in [2.05, 4.69) is 15.7 Å². The molecule has 2 aromatic rings. The van der Waals surface area contributed by atoms with E-state index in [0.717, 1.165) is 29.8 Å². The molecule has 0 bridgehead atoms. The first kappa shape index (κ1) is 15.4. The molecular formula is C15H16F2N4O2. The smallest absolute Gasteiger partial charge is 0.319 e. The fourth-order valence-corrected chi connectivity index (χ4v) is 2.57. The van der Waals surface area contributed by atoms with Gasteiger partial charge in [-0.3, -0.25) is 4.68 Å². The van der Waals surface area contributed by atoms with Crippen LogP contribution >= 0.6 is 0 Å². The molecule has 0 unspecified atom stereocenters. The Bertz CT molecular complexity index is 725. The molecule has 0 saturated heterocycles. The number of hydrogen-bond acceptors (Lipinski definition) is 3. The van der Waals surface area contributed by atoms with Gasteiger partial charge >= 0.3 is 6.03 Å². The number of anilines is 1. The molecule has 0 atom stereocenters. The van der Waals surface area contributed by atoms with Gasteiger partial charge in [0, 0.05) is 24.7 Å². The molecule has 1 aliphatic rings. The van der Waals surface area contributed by atoms with Gasteiger partial charge in [0.25, 0.3) is 0 Å². The summed E-state index contributed by atoms with van der Waals surface area (Å²) in [6, 6.07) is 2.68. The number of aryl methyl sites for hydroxylation is 1. The molecule has 3 rings (SSSR count). The van der Waals surface area contributed by atoms with E-state index in [1.807, 2.05) is 7.05 Å². The van der Waals surface area contributed by atoms with Crippen molar-refractivity contribution in [2.24, 2.45) is 7.05 Å². The van der Waals surface area contributed by atoms with Crippen molar-refractivity contribution in [2.75, 3.05) is 11.9 Å². The molecule has 8 heteroatoms. The number of carbonyl (C=O) groups excluding carboxylic acids is 1. The average molecular weight is 322 g/mol. The van der Waals surface area contributed by atoms with Crippen LogP contribution in [0, 0.1) is 11.6 Å². The molecule has 1 aromatic heterocycles. The van der Waals surface area contributed by atoms with Crippen molar-refractivity contribution >= 4 is 11.7 Å². The number of halogens is 2. The van der Waals surface area contributed by atoms with Crippen LogP contribution in [0.1, 0.15) is 17.0 Å². The summed E-state index contributed by atoms with van der Waals surface area (Å²) in [7, 11) is 1.84. The first-order valence-electron chi connectivity index (χ1n) is 7.16. The van der Waals surface area contributed by atoms with Crippen molar-refractivity contribution in [3.8, 4) is 0 Å². The van der Waals surface area contributed by atoms with Crippen molar-refractivity contribution < 1.29 is 18.3 Å². The Morgan fingerprint density at radius 1 is 1.39 bits per heavy atom. The fraction of sp³-hybridized carbons (Fsp3) is 0.333. The van der Waals surface area contributed by atoms with E-state index in [0.29, 0.717) is 18.9 Å². The SMILES string of the molecule is Cn1nc(CNC(=O)Nc2c(F)cccc2F)c2c1CCOC2. The highest BCUT2D eigenvalue weighted by Gasteiger charge is 2.20. The lowest BCUT2D eigenvalue weighted by atomic mass is 10.1. The minimum absolute atomic E-state index is 0.147. The molecule has 2 N–H and O–H groups in total. The molecule has 1 aromatic carbocycles. The molecule has 0 aliphatic carbocycles. The van der Waals surface area contributed by atoms with Gasteiger partial charge in [-0.25, -0.2) is 13.6 Å². The Balaban J connectivity index is 1.66. The lowest BCUT2D eigenvalue weighted by Gasteiger charge is -2.14. The number of urea groups is 1. The molecule has 0 fully saturated rings. The van der Waals surface area contributed by atoms with Gasteiger partial charge in [0.1, 0.15) is 17.3 Å². The number of nitrogens with zero attached hydrogens (tertiary/aromatic N) is 2. The summed E-state index contributed by atoms with van der Waals surface area (Å²) >= 11 is 0. The van der Waals surface area contributed by atoms with Crippen molar-refractivity contribution in [3.63, 3.8) is 0 Å². The number of hydrogen-bond donors (Lipinski definition) is 2. The molecule has 6 nitrogen and oxygen atoms in total. The van der Waals surface area contributed by atoms with Crippen LogP contribution in [0.15, 0.2) is 18.2 Å². The highest BCUT2D eigenvalue weighted by Crippen LogP contribution is 2.20. The van der Waals surface area contributed by atoms with Gasteiger partial charge in [0.15, 0.2) is 0 Å². The molecule has 2 amide bonds. The molecule has 2 heterocycles. The van der Waals surface area contributed by atoms with Crippen LogP contribution in [0.5, 0.6) is 0 Å². The maximum Gasteiger partial charge on any atom is 0.319 e. The number of rotatable bonds is 3. The van der Waals surface area contributed by atoms with E-state index in [-0.39, 0.29) is 6.54 Å². The fourth-order valence-electron chi connectivity index (χ4n) is 2.57. The number of ether oxygens (including phenoxy) is 1. The van der Waals surface area contributed by atoms with Gasteiger partial charge in [0.2, 0.25) is 0 Å².